The van der Waals surface area contributed by atoms with E-state index in [9.17, 15) is 17.6 Å². The molecule has 1 amide bonds. The fourth-order valence-electron chi connectivity index (χ4n) is 4.67. The number of hydrogen-bond acceptors (Lipinski definition) is 6. The van der Waals surface area contributed by atoms with Crippen molar-refractivity contribution in [1.29, 1.82) is 0 Å². The van der Waals surface area contributed by atoms with E-state index in [1.165, 1.54) is 12.1 Å². The lowest BCUT2D eigenvalue weighted by Crippen LogP contribution is -2.48. The standard InChI is InChI=1S/C28H27ClFN5O3S/c29-23-8-6-21(24(30)16-23)18-34-11-13-35(14-12-34)28(36)20-7-9-25(22(15-20)17-31)33-39(37,38)26-5-1-3-19-4-2-10-32-27(19)26/h1-10,15-16,33H,11-14,17-18,31H2. The molecule has 202 valence electrons. The van der Waals surface area contributed by atoms with Gasteiger partial charge < -0.3 is 10.6 Å². The minimum absolute atomic E-state index is 0.0349. The van der Waals surface area contributed by atoms with Crippen LogP contribution in [0, 0.1) is 5.82 Å². The zero-order chi connectivity index (χ0) is 27.6. The number of amides is 1. The number of halogens is 2. The number of para-hydroxylation sites is 1. The summed E-state index contributed by atoms with van der Waals surface area (Å²) in [4.78, 5) is 21.3. The van der Waals surface area contributed by atoms with E-state index in [1.54, 1.807) is 65.7 Å². The smallest absolute Gasteiger partial charge is 0.264 e. The molecule has 1 saturated heterocycles. The molecule has 1 aliphatic rings. The molecule has 0 unspecified atom stereocenters. The van der Waals surface area contributed by atoms with Crippen molar-refractivity contribution in [2.45, 2.75) is 18.0 Å². The molecule has 1 aliphatic heterocycles. The largest absolute Gasteiger partial charge is 0.336 e. The lowest BCUT2D eigenvalue weighted by molar-refractivity contribution is 0.0627. The van der Waals surface area contributed by atoms with Crippen LogP contribution in [0.5, 0.6) is 0 Å². The second-order valence-corrected chi connectivity index (χ2v) is 11.4. The van der Waals surface area contributed by atoms with Crippen molar-refractivity contribution in [1.82, 2.24) is 14.8 Å². The highest BCUT2D eigenvalue weighted by atomic mass is 35.5. The monoisotopic (exact) mass is 567 g/mol. The summed E-state index contributed by atoms with van der Waals surface area (Å²) in [5, 5.41) is 1.06. The second kappa shape index (κ2) is 11.3. The Bertz CT molecular complexity index is 1640. The Hall–Kier alpha value is -3.57. The van der Waals surface area contributed by atoms with E-state index in [0.717, 1.165) is 0 Å². The minimum Gasteiger partial charge on any atom is -0.336 e. The first-order chi connectivity index (χ1) is 18.7. The van der Waals surface area contributed by atoms with Gasteiger partial charge in [-0.25, -0.2) is 12.8 Å². The van der Waals surface area contributed by atoms with Crippen molar-refractivity contribution in [2.24, 2.45) is 5.73 Å². The van der Waals surface area contributed by atoms with Crippen LogP contribution in [0.25, 0.3) is 10.9 Å². The third-order valence-electron chi connectivity index (χ3n) is 6.77. The summed E-state index contributed by atoms with van der Waals surface area (Å²) in [5.74, 6) is -0.516. The zero-order valence-electron chi connectivity index (χ0n) is 21.0. The normalized spacial score (nSPS) is 14.5. The fourth-order valence-corrected chi connectivity index (χ4v) is 6.11. The van der Waals surface area contributed by atoms with Crippen molar-refractivity contribution < 1.29 is 17.6 Å². The predicted molar refractivity (Wildman–Crippen MR) is 149 cm³/mol. The first kappa shape index (κ1) is 27.0. The molecule has 0 atom stereocenters. The Labute approximate surface area is 231 Å². The molecule has 0 bridgehead atoms. The van der Waals surface area contributed by atoms with E-state index < -0.39 is 10.0 Å². The van der Waals surface area contributed by atoms with Gasteiger partial charge in [0.05, 0.1) is 11.2 Å². The Morgan fingerprint density at radius 1 is 1.00 bits per heavy atom. The highest BCUT2D eigenvalue weighted by molar-refractivity contribution is 7.93. The highest BCUT2D eigenvalue weighted by Crippen LogP contribution is 2.26. The molecule has 1 aromatic heterocycles. The number of nitrogens with two attached hydrogens (primary N) is 1. The Balaban J connectivity index is 1.28. The van der Waals surface area contributed by atoms with Crippen LogP contribution in [0.3, 0.4) is 0 Å². The van der Waals surface area contributed by atoms with E-state index in [4.69, 9.17) is 17.3 Å². The third kappa shape index (κ3) is 5.89. The Morgan fingerprint density at radius 3 is 2.51 bits per heavy atom. The molecular formula is C28H27ClFN5O3S. The van der Waals surface area contributed by atoms with Crippen LogP contribution in [-0.4, -0.2) is 55.3 Å². The molecule has 4 aromatic rings. The van der Waals surface area contributed by atoms with E-state index in [0.29, 0.717) is 71.0 Å². The molecule has 3 aromatic carbocycles. The minimum atomic E-state index is -3.97. The molecule has 1 fully saturated rings. The number of piperazine rings is 1. The SMILES string of the molecule is NCc1cc(C(=O)N2CCN(Cc3ccc(Cl)cc3F)CC2)ccc1NS(=O)(=O)c1cccc2cccnc12. The Kier molecular flexibility index (Phi) is 7.81. The fraction of sp³-hybridized carbons (Fsp3) is 0.214. The average molecular weight is 568 g/mol. The number of rotatable bonds is 7. The number of fused-ring (bicyclic) bond motifs is 1. The van der Waals surface area contributed by atoms with Crippen LogP contribution < -0.4 is 10.5 Å². The molecule has 0 aliphatic carbocycles. The predicted octanol–water partition coefficient (Wildman–Crippen LogP) is 4.24. The summed E-state index contributed by atoms with van der Waals surface area (Å²) >= 11 is 5.84. The Morgan fingerprint density at radius 2 is 1.77 bits per heavy atom. The van der Waals surface area contributed by atoms with Gasteiger partial charge in [-0.2, -0.15) is 0 Å². The highest BCUT2D eigenvalue weighted by Gasteiger charge is 2.24. The lowest BCUT2D eigenvalue weighted by Gasteiger charge is -2.35. The number of nitrogens with zero attached hydrogens (tertiary/aromatic N) is 3. The first-order valence-corrected chi connectivity index (χ1v) is 14.3. The van der Waals surface area contributed by atoms with Gasteiger partial charge in [-0.1, -0.05) is 35.9 Å². The summed E-state index contributed by atoms with van der Waals surface area (Å²) in [7, 11) is -3.97. The number of carbonyl (C=O) groups is 1. The van der Waals surface area contributed by atoms with Crippen LogP contribution in [0.1, 0.15) is 21.5 Å². The summed E-state index contributed by atoms with van der Waals surface area (Å²) in [6.45, 7) is 2.61. The van der Waals surface area contributed by atoms with Crippen molar-refractivity contribution in [3.05, 3.63) is 100 Å². The van der Waals surface area contributed by atoms with Crippen LogP contribution in [0.4, 0.5) is 10.1 Å². The van der Waals surface area contributed by atoms with Gasteiger partial charge in [0.2, 0.25) is 0 Å². The number of anilines is 1. The van der Waals surface area contributed by atoms with Crippen molar-refractivity contribution in [3.8, 4) is 0 Å². The molecule has 0 saturated carbocycles. The number of pyridine rings is 1. The topological polar surface area (TPSA) is 109 Å². The number of benzene rings is 3. The summed E-state index contributed by atoms with van der Waals surface area (Å²) in [5.41, 5.74) is 8.08. The van der Waals surface area contributed by atoms with E-state index in [2.05, 4.69) is 14.6 Å². The van der Waals surface area contributed by atoms with E-state index >= 15 is 0 Å². The van der Waals surface area contributed by atoms with Gasteiger partial charge in [0, 0.05) is 67.0 Å². The van der Waals surface area contributed by atoms with Crippen molar-refractivity contribution in [2.75, 3.05) is 30.9 Å². The molecule has 8 nitrogen and oxygen atoms in total. The summed E-state index contributed by atoms with van der Waals surface area (Å²) in [6.07, 6.45) is 1.54. The van der Waals surface area contributed by atoms with Gasteiger partial charge in [-0.15, -0.1) is 0 Å². The molecular weight excluding hydrogens is 541 g/mol. The van der Waals surface area contributed by atoms with Gasteiger partial charge in [-0.05, 0) is 48.0 Å². The lowest BCUT2D eigenvalue weighted by atomic mass is 10.1. The average Bonchev–Trinajstić information content (AvgIpc) is 2.94. The molecule has 5 rings (SSSR count). The van der Waals surface area contributed by atoms with Crippen molar-refractivity contribution >= 4 is 44.1 Å². The number of carbonyl (C=O) groups excluding carboxylic acids is 1. The number of nitrogens with one attached hydrogen (secondary N) is 1. The maximum atomic E-state index is 14.2. The molecule has 11 heteroatoms. The summed E-state index contributed by atoms with van der Waals surface area (Å²) < 4.78 is 43.3. The maximum Gasteiger partial charge on any atom is 0.264 e. The van der Waals surface area contributed by atoms with Gasteiger partial charge in [0.1, 0.15) is 10.7 Å². The number of aromatic nitrogens is 1. The van der Waals surface area contributed by atoms with Gasteiger partial charge >= 0.3 is 0 Å². The van der Waals surface area contributed by atoms with Crippen LogP contribution in [0.15, 0.2) is 77.8 Å². The third-order valence-corrected chi connectivity index (χ3v) is 8.40. The maximum absolute atomic E-state index is 14.2. The molecule has 0 spiro atoms. The molecule has 2 heterocycles. The second-order valence-electron chi connectivity index (χ2n) is 9.32. The molecule has 3 N–H and O–H groups in total. The van der Waals surface area contributed by atoms with Gasteiger partial charge in [-0.3, -0.25) is 19.4 Å². The van der Waals surface area contributed by atoms with Crippen molar-refractivity contribution in [3.63, 3.8) is 0 Å². The van der Waals surface area contributed by atoms with Gasteiger partial charge in [0.25, 0.3) is 15.9 Å². The first-order valence-electron chi connectivity index (χ1n) is 12.4. The quantitative estimate of drug-likeness (QED) is 0.346. The molecule has 39 heavy (non-hydrogen) atoms. The van der Waals surface area contributed by atoms with Crippen LogP contribution >= 0.6 is 11.6 Å². The number of sulfonamides is 1. The molecule has 0 radical (unpaired) electrons. The van der Waals surface area contributed by atoms with Crippen LogP contribution in [0.2, 0.25) is 5.02 Å². The van der Waals surface area contributed by atoms with E-state index in [1.807, 2.05) is 0 Å². The van der Waals surface area contributed by atoms with Crippen LogP contribution in [-0.2, 0) is 23.1 Å². The number of hydrogen-bond donors (Lipinski definition) is 2. The van der Waals surface area contributed by atoms with E-state index in [-0.39, 0.29) is 23.2 Å². The zero-order valence-corrected chi connectivity index (χ0v) is 22.6. The summed E-state index contributed by atoms with van der Waals surface area (Å²) in [6, 6.07) is 17.9. The van der Waals surface area contributed by atoms with Gasteiger partial charge in [0.15, 0.2) is 0 Å².